The number of phenolic OH excluding ortho intramolecular Hbond substituents is 1. The average molecular weight is 236 g/mol. The van der Waals surface area contributed by atoms with Crippen molar-refractivity contribution < 1.29 is 14.6 Å². The minimum Gasteiger partial charge on any atom is -0.508 e. The summed E-state index contributed by atoms with van der Waals surface area (Å²) in [6.45, 7) is 3.10. The molecule has 92 valence electrons. The molecule has 5 heteroatoms. The van der Waals surface area contributed by atoms with Gasteiger partial charge in [-0.2, -0.15) is 0 Å². The van der Waals surface area contributed by atoms with E-state index in [0.29, 0.717) is 18.9 Å². The lowest BCUT2D eigenvalue weighted by molar-refractivity contribution is 0.189. The van der Waals surface area contributed by atoms with Crippen LogP contribution in [-0.2, 0) is 4.74 Å². The van der Waals surface area contributed by atoms with E-state index in [1.165, 1.54) is 0 Å². The Morgan fingerprint density at radius 2 is 2.35 bits per heavy atom. The largest absolute Gasteiger partial charge is 0.508 e. The Hall–Kier alpha value is -1.75. The molecule has 1 unspecified atom stereocenters. The van der Waals surface area contributed by atoms with Crippen LogP contribution in [-0.4, -0.2) is 30.4 Å². The second-order valence-corrected chi connectivity index (χ2v) is 4.16. The molecular formula is C12H16N2O3. The number of carbonyl (C=O) groups is 1. The highest BCUT2D eigenvalue weighted by Gasteiger charge is 2.17. The van der Waals surface area contributed by atoms with Crippen molar-refractivity contribution in [1.29, 1.82) is 0 Å². The van der Waals surface area contributed by atoms with E-state index in [-0.39, 0.29) is 17.8 Å². The third-order valence-electron chi connectivity index (χ3n) is 2.72. The molecule has 0 radical (unpaired) electrons. The third kappa shape index (κ3) is 3.10. The molecule has 0 bridgehead atoms. The fourth-order valence-corrected chi connectivity index (χ4v) is 1.78. The number of rotatable bonds is 2. The molecule has 0 spiro atoms. The molecule has 1 atom stereocenters. The van der Waals surface area contributed by atoms with E-state index in [9.17, 15) is 9.90 Å². The molecule has 1 aliphatic heterocycles. The first-order chi connectivity index (χ1) is 8.15. The van der Waals surface area contributed by atoms with E-state index in [2.05, 4.69) is 10.6 Å². The Morgan fingerprint density at radius 3 is 3.00 bits per heavy atom. The molecule has 0 aliphatic carbocycles. The SMILES string of the molecule is Cc1cc(O)ccc1NC(=O)NC1CCOC1. The molecule has 0 saturated carbocycles. The molecule has 5 nitrogen and oxygen atoms in total. The second kappa shape index (κ2) is 5.05. The van der Waals surface area contributed by atoms with Gasteiger partial charge < -0.3 is 20.5 Å². The van der Waals surface area contributed by atoms with Crippen LogP contribution in [0.4, 0.5) is 10.5 Å². The summed E-state index contributed by atoms with van der Waals surface area (Å²) in [6.07, 6.45) is 0.849. The number of benzene rings is 1. The summed E-state index contributed by atoms with van der Waals surface area (Å²) in [5.74, 6) is 0.192. The smallest absolute Gasteiger partial charge is 0.319 e. The van der Waals surface area contributed by atoms with E-state index < -0.39 is 0 Å². The first-order valence-corrected chi connectivity index (χ1v) is 5.60. The van der Waals surface area contributed by atoms with Crippen LogP contribution in [0.3, 0.4) is 0 Å². The predicted molar refractivity (Wildman–Crippen MR) is 64.2 cm³/mol. The number of nitrogens with one attached hydrogen (secondary N) is 2. The summed E-state index contributed by atoms with van der Waals surface area (Å²) in [4.78, 5) is 11.7. The fraction of sp³-hybridized carbons (Fsp3) is 0.417. The number of aryl methyl sites for hydroxylation is 1. The van der Waals surface area contributed by atoms with Crippen molar-refractivity contribution in [3.63, 3.8) is 0 Å². The summed E-state index contributed by atoms with van der Waals surface area (Å²) < 4.78 is 5.17. The first-order valence-electron chi connectivity index (χ1n) is 5.60. The van der Waals surface area contributed by atoms with Crippen LogP contribution in [0.2, 0.25) is 0 Å². The zero-order valence-corrected chi connectivity index (χ0v) is 9.69. The minimum absolute atomic E-state index is 0.0902. The van der Waals surface area contributed by atoms with E-state index in [4.69, 9.17) is 4.74 Å². The molecule has 17 heavy (non-hydrogen) atoms. The molecule has 1 fully saturated rings. The van der Waals surface area contributed by atoms with Crippen molar-refractivity contribution >= 4 is 11.7 Å². The molecule has 1 saturated heterocycles. The molecule has 2 rings (SSSR count). The van der Waals surface area contributed by atoms with E-state index in [1.807, 2.05) is 6.92 Å². The summed E-state index contributed by atoms with van der Waals surface area (Å²) >= 11 is 0. The molecular weight excluding hydrogens is 220 g/mol. The summed E-state index contributed by atoms with van der Waals surface area (Å²) in [5, 5.41) is 14.8. The highest BCUT2D eigenvalue weighted by molar-refractivity contribution is 5.90. The summed E-state index contributed by atoms with van der Waals surface area (Å²) in [7, 11) is 0. The van der Waals surface area contributed by atoms with Crippen LogP contribution in [0.5, 0.6) is 5.75 Å². The number of hydrogen-bond donors (Lipinski definition) is 3. The van der Waals surface area contributed by atoms with Gasteiger partial charge in [-0.3, -0.25) is 0 Å². The summed E-state index contributed by atoms with van der Waals surface area (Å²) in [6, 6.07) is 4.67. The topological polar surface area (TPSA) is 70.6 Å². The lowest BCUT2D eigenvalue weighted by atomic mass is 10.2. The Bertz CT molecular complexity index is 414. The Morgan fingerprint density at radius 1 is 1.53 bits per heavy atom. The van der Waals surface area contributed by atoms with Crippen molar-refractivity contribution in [3.8, 4) is 5.75 Å². The number of urea groups is 1. The molecule has 3 N–H and O–H groups in total. The maximum atomic E-state index is 11.7. The molecule has 2 amide bonds. The summed E-state index contributed by atoms with van der Waals surface area (Å²) in [5.41, 5.74) is 1.52. The highest BCUT2D eigenvalue weighted by Crippen LogP contribution is 2.19. The van der Waals surface area contributed by atoms with Gasteiger partial charge in [0, 0.05) is 12.3 Å². The van der Waals surface area contributed by atoms with E-state index in [1.54, 1.807) is 18.2 Å². The van der Waals surface area contributed by atoms with Crippen molar-refractivity contribution in [3.05, 3.63) is 23.8 Å². The van der Waals surface area contributed by atoms with Crippen molar-refractivity contribution in [1.82, 2.24) is 5.32 Å². The van der Waals surface area contributed by atoms with Crippen LogP contribution < -0.4 is 10.6 Å². The Balaban J connectivity index is 1.93. The number of anilines is 1. The lowest BCUT2D eigenvalue weighted by Gasteiger charge is -2.13. The number of aromatic hydroxyl groups is 1. The van der Waals surface area contributed by atoms with Crippen LogP contribution in [0.1, 0.15) is 12.0 Å². The lowest BCUT2D eigenvalue weighted by Crippen LogP contribution is -2.38. The average Bonchev–Trinajstić information content (AvgIpc) is 2.75. The standard InChI is InChI=1S/C12H16N2O3/c1-8-6-10(15)2-3-11(8)14-12(16)13-9-4-5-17-7-9/h2-3,6,9,15H,4-5,7H2,1H3,(H2,13,14,16). The van der Waals surface area contributed by atoms with E-state index >= 15 is 0 Å². The van der Waals surface area contributed by atoms with E-state index in [0.717, 1.165) is 12.0 Å². The van der Waals surface area contributed by atoms with Gasteiger partial charge in [-0.1, -0.05) is 0 Å². The first kappa shape index (κ1) is 11.7. The number of ether oxygens (including phenoxy) is 1. The van der Waals surface area contributed by atoms with Gasteiger partial charge in [-0.05, 0) is 37.1 Å². The molecule has 1 aromatic carbocycles. The quantitative estimate of drug-likeness (QED) is 0.683. The molecule has 1 aromatic rings. The fourth-order valence-electron chi connectivity index (χ4n) is 1.78. The number of carbonyl (C=O) groups excluding carboxylic acids is 1. The Kier molecular flexibility index (Phi) is 3.49. The maximum absolute atomic E-state index is 11.7. The second-order valence-electron chi connectivity index (χ2n) is 4.16. The zero-order valence-electron chi connectivity index (χ0n) is 9.69. The highest BCUT2D eigenvalue weighted by atomic mass is 16.5. The van der Waals surface area contributed by atoms with Crippen molar-refractivity contribution in [2.75, 3.05) is 18.5 Å². The maximum Gasteiger partial charge on any atom is 0.319 e. The van der Waals surface area contributed by atoms with Gasteiger partial charge in [0.05, 0.1) is 12.6 Å². The monoisotopic (exact) mass is 236 g/mol. The predicted octanol–water partition coefficient (Wildman–Crippen LogP) is 1.61. The van der Waals surface area contributed by atoms with Crippen LogP contribution in [0.15, 0.2) is 18.2 Å². The number of amides is 2. The van der Waals surface area contributed by atoms with Gasteiger partial charge in [0.1, 0.15) is 5.75 Å². The van der Waals surface area contributed by atoms with Crippen molar-refractivity contribution in [2.24, 2.45) is 0 Å². The number of hydrogen-bond acceptors (Lipinski definition) is 3. The number of phenols is 1. The van der Waals surface area contributed by atoms with Gasteiger partial charge in [0.15, 0.2) is 0 Å². The molecule has 1 heterocycles. The minimum atomic E-state index is -0.241. The van der Waals surface area contributed by atoms with Gasteiger partial charge >= 0.3 is 6.03 Å². The molecule has 0 aromatic heterocycles. The zero-order chi connectivity index (χ0) is 12.3. The van der Waals surface area contributed by atoms with Crippen LogP contribution in [0, 0.1) is 6.92 Å². The van der Waals surface area contributed by atoms with Crippen molar-refractivity contribution in [2.45, 2.75) is 19.4 Å². The van der Waals surface area contributed by atoms with Crippen LogP contribution >= 0.6 is 0 Å². The normalized spacial score (nSPS) is 19.0. The van der Waals surface area contributed by atoms with Crippen LogP contribution in [0.25, 0.3) is 0 Å². The van der Waals surface area contributed by atoms with Gasteiger partial charge in [-0.15, -0.1) is 0 Å². The third-order valence-corrected chi connectivity index (χ3v) is 2.72. The Labute approximate surface area is 99.8 Å². The van der Waals surface area contributed by atoms with Gasteiger partial charge in [-0.25, -0.2) is 4.79 Å². The van der Waals surface area contributed by atoms with Gasteiger partial charge in [0.2, 0.25) is 0 Å². The molecule has 1 aliphatic rings. The van der Waals surface area contributed by atoms with Gasteiger partial charge in [0.25, 0.3) is 0 Å².